The van der Waals surface area contributed by atoms with Crippen molar-refractivity contribution in [1.29, 1.82) is 0 Å². The van der Waals surface area contributed by atoms with E-state index in [1.165, 1.54) is 12.1 Å². The van der Waals surface area contributed by atoms with Gasteiger partial charge < -0.3 is 10.4 Å². The van der Waals surface area contributed by atoms with E-state index in [-0.39, 0.29) is 29.6 Å². The van der Waals surface area contributed by atoms with Gasteiger partial charge in [0.05, 0.1) is 11.8 Å². The Morgan fingerprint density at radius 1 is 1.44 bits per heavy atom. The van der Waals surface area contributed by atoms with Crippen molar-refractivity contribution in [2.75, 3.05) is 24.7 Å². The topological polar surface area (TPSA) is 108 Å². The molecule has 0 bridgehead atoms. The van der Waals surface area contributed by atoms with Crippen LogP contribution in [0.5, 0.6) is 0 Å². The number of carbonyl (C=O) groups is 1. The van der Waals surface area contributed by atoms with Crippen molar-refractivity contribution in [2.24, 2.45) is 0 Å². The van der Waals surface area contributed by atoms with Gasteiger partial charge in [0.1, 0.15) is 11.0 Å². The minimum atomic E-state index is -3.24. The second kappa shape index (κ2) is 5.98. The molecular weight excluding hydrogens is 282 g/mol. The SMILES string of the molecule is CS(=O)(=O)NCCNc1cc(C(=O)O)cc(Cl)n1. The van der Waals surface area contributed by atoms with Gasteiger partial charge in [0.15, 0.2) is 0 Å². The molecule has 9 heteroatoms. The van der Waals surface area contributed by atoms with Gasteiger partial charge in [-0.3, -0.25) is 0 Å². The first-order chi connectivity index (χ1) is 8.28. The summed E-state index contributed by atoms with van der Waals surface area (Å²) in [4.78, 5) is 14.6. The fourth-order valence-corrected chi connectivity index (χ4v) is 1.82. The zero-order valence-electron chi connectivity index (χ0n) is 9.47. The van der Waals surface area contributed by atoms with Gasteiger partial charge in [0.25, 0.3) is 0 Å². The molecule has 0 aliphatic heterocycles. The summed E-state index contributed by atoms with van der Waals surface area (Å²) in [7, 11) is -3.24. The minimum absolute atomic E-state index is 0.00794. The van der Waals surface area contributed by atoms with Crippen molar-refractivity contribution >= 4 is 33.4 Å². The third-order valence-electron chi connectivity index (χ3n) is 1.84. The van der Waals surface area contributed by atoms with E-state index in [0.29, 0.717) is 0 Å². The number of hydrogen-bond donors (Lipinski definition) is 3. The first-order valence-electron chi connectivity index (χ1n) is 4.87. The molecule has 100 valence electrons. The number of hydrogen-bond acceptors (Lipinski definition) is 5. The maximum absolute atomic E-state index is 10.8. The maximum Gasteiger partial charge on any atom is 0.335 e. The molecule has 0 saturated heterocycles. The van der Waals surface area contributed by atoms with Gasteiger partial charge in [-0.25, -0.2) is 22.9 Å². The summed E-state index contributed by atoms with van der Waals surface area (Å²) < 4.78 is 23.9. The number of sulfonamides is 1. The summed E-state index contributed by atoms with van der Waals surface area (Å²) >= 11 is 5.65. The standard InChI is InChI=1S/C9H12ClN3O4S/c1-18(16,17)12-3-2-11-8-5-6(9(14)15)4-7(10)13-8/h4-5,12H,2-3H2,1H3,(H,11,13)(H,14,15). The molecule has 7 nitrogen and oxygen atoms in total. The van der Waals surface area contributed by atoms with Crippen molar-refractivity contribution in [3.63, 3.8) is 0 Å². The van der Waals surface area contributed by atoms with Crippen molar-refractivity contribution in [3.8, 4) is 0 Å². The summed E-state index contributed by atoms with van der Waals surface area (Å²) in [5, 5.41) is 11.6. The largest absolute Gasteiger partial charge is 0.478 e. The number of aromatic carboxylic acids is 1. The van der Waals surface area contributed by atoms with E-state index < -0.39 is 16.0 Å². The number of carboxylic acid groups (broad SMARTS) is 1. The number of pyridine rings is 1. The lowest BCUT2D eigenvalue weighted by atomic mass is 10.2. The van der Waals surface area contributed by atoms with E-state index in [1.54, 1.807) is 0 Å². The van der Waals surface area contributed by atoms with Crippen molar-refractivity contribution in [2.45, 2.75) is 0 Å². The average Bonchev–Trinajstić information content (AvgIpc) is 2.22. The molecule has 1 aromatic heterocycles. The van der Waals surface area contributed by atoms with Crippen LogP contribution in [0.15, 0.2) is 12.1 Å². The van der Waals surface area contributed by atoms with E-state index in [2.05, 4.69) is 15.0 Å². The fraction of sp³-hybridized carbons (Fsp3) is 0.333. The van der Waals surface area contributed by atoms with Gasteiger partial charge in [0.2, 0.25) is 10.0 Å². The third-order valence-corrected chi connectivity index (χ3v) is 2.76. The number of nitrogens with one attached hydrogen (secondary N) is 2. The summed E-state index contributed by atoms with van der Waals surface area (Å²) in [5.74, 6) is -0.841. The molecule has 0 saturated carbocycles. The normalized spacial score (nSPS) is 11.2. The van der Waals surface area contributed by atoms with E-state index in [1.807, 2.05) is 0 Å². The lowest BCUT2D eigenvalue weighted by Gasteiger charge is -2.07. The van der Waals surface area contributed by atoms with Crippen LogP contribution in [-0.4, -0.2) is 43.8 Å². The second-order valence-corrected chi connectivity index (χ2v) is 5.68. The van der Waals surface area contributed by atoms with E-state index in [4.69, 9.17) is 16.7 Å². The van der Waals surface area contributed by atoms with Gasteiger partial charge >= 0.3 is 5.97 Å². The molecule has 1 rings (SSSR count). The molecule has 1 aromatic rings. The molecule has 18 heavy (non-hydrogen) atoms. The molecule has 0 unspecified atom stereocenters. The summed E-state index contributed by atoms with van der Waals surface area (Å²) in [6.07, 6.45) is 1.05. The number of anilines is 1. The van der Waals surface area contributed by atoms with Crippen molar-refractivity contribution in [1.82, 2.24) is 9.71 Å². The second-order valence-electron chi connectivity index (χ2n) is 3.46. The smallest absolute Gasteiger partial charge is 0.335 e. The predicted octanol–water partition coefficient (Wildman–Crippen LogP) is 0.394. The van der Waals surface area contributed by atoms with Crippen LogP contribution < -0.4 is 10.0 Å². The van der Waals surface area contributed by atoms with Gasteiger partial charge in [-0.05, 0) is 12.1 Å². The number of halogens is 1. The Labute approximate surface area is 109 Å². The minimum Gasteiger partial charge on any atom is -0.478 e. The molecule has 0 radical (unpaired) electrons. The number of rotatable bonds is 6. The summed E-state index contributed by atoms with van der Waals surface area (Å²) in [6.45, 7) is 0.425. The molecular formula is C9H12ClN3O4S. The summed E-state index contributed by atoms with van der Waals surface area (Å²) in [5.41, 5.74) is 0.00794. The van der Waals surface area contributed by atoms with Crippen LogP contribution in [0.2, 0.25) is 5.15 Å². The monoisotopic (exact) mass is 293 g/mol. The van der Waals surface area contributed by atoms with Crippen LogP contribution in [0, 0.1) is 0 Å². The fourth-order valence-electron chi connectivity index (χ4n) is 1.14. The zero-order valence-corrected chi connectivity index (χ0v) is 11.0. The number of aromatic nitrogens is 1. The number of nitrogens with zero attached hydrogens (tertiary/aromatic N) is 1. The van der Waals surface area contributed by atoms with E-state index >= 15 is 0 Å². The molecule has 0 spiro atoms. The Hall–Kier alpha value is -1.38. The molecule has 0 amide bonds. The van der Waals surface area contributed by atoms with E-state index in [9.17, 15) is 13.2 Å². The quantitative estimate of drug-likeness (QED) is 0.517. The van der Waals surface area contributed by atoms with Crippen LogP contribution in [0.4, 0.5) is 5.82 Å². The molecule has 0 aromatic carbocycles. The molecule has 0 fully saturated rings. The highest BCUT2D eigenvalue weighted by Gasteiger charge is 2.07. The highest BCUT2D eigenvalue weighted by Crippen LogP contribution is 2.14. The van der Waals surface area contributed by atoms with Crippen LogP contribution in [-0.2, 0) is 10.0 Å². The summed E-state index contributed by atoms with van der Waals surface area (Å²) in [6, 6.07) is 2.54. The van der Waals surface area contributed by atoms with Crippen LogP contribution >= 0.6 is 11.6 Å². The van der Waals surface area contributed by atoms with Crippen molar-refractivity contribution < 1.29 is 18.3 Å². The molecule has 0 aliphatic rings. The Bertz CT molecular complexity index is 547. The lowest BCUT2D eigenvalue weighted by molar-refractivity contribution is 0.0697. The first-order valence-corrected chi connectivity index (χ1v) is 7.14. The predicted molar refractivity (Wildman–Crippen MR) is 67.5 cm³/mol. The highest BCUT2D eigenvalue weighted by molar-refractivity contribution is 7.88. The van der Waals surface area contributed by atoms with Gasteiger partial charge in [0, 0.05) is 13.1 Å². The molecule has 1 heterocycles. The lowest BCUT2D eigenvalue weighted by Crippen LogP contribution is -2.27. The highest BCUT2D eigenvalue weighted by atomic mass is 35.5. The molecule has 0 atom stereocenters. The Balaban J connectivity index is 2.60. The zero-order chi connectivity index (χ0) is 13.8. The third kappa shape index (κ3) is 5.30. The molecule has 0 aliphatic carbocycles. The first kappa shape index (κ1) is 14.7. The van der Waals surface area contributed by atoms with E-state index in [0.717, 1.165) is 6.26 Å². The van der Waals surface area contributed by atoms with Gasteiger partial charge in [-0.1, -0.05) is 11.6 Å². The van der Waals surface area contributed by atoms with Gasteiger partial charge in [-0.15, -0.1) is 0 Å². The van der Waals surface area contributed by atoms with Crippen LogP contribution in [0.25, 0.3) is 0 Å². The molecule has 3 N–H and O–H groups in total. The Morgan fingerprint density at radius 2 is 2.11 bits per heavy atom. The Morgan fingerprint density at radius 3 is 2.67 bits per heavy atom. The average molecular weight is 294 g/mol. The maximum atomic E-state index is 10.8. The van der Waals surface area contributed by atoms with Crippen LogP contribution in [0.1, 0.15) is 10.4 Å². The Kier molecular flexibility index (Phi) is 4.88. The van der Waals surface area contributed by atoms with Gasteiger partial charge in [-0.2, -0.15) is 0 Å². The van der Waals surface area contributed by atoms with Crippen molar-refractivity contribution in [3.05, 3.63) is 22.8 Å². The number of carboxylic acids is 1. The van der Waals surface area contributed by atoms with Crippen LogP contribution in [0.3, 0.4) is 0 Å².